The number of nitrogens with two attached hydrogens (primary N) is 1. The topological polar surface area (TPSA) is 97.9 Å². The van der Waals surface area contributed by atoms with Gasteiger partial charge in [-0.3, -0.25) is 19.1 Å². The van der Waals surface area contributed by atoms with Crippen molar-refractivity contribution in [3.05, 3.63) is 56.5 Å². The maximum absolute atomic E-state index is 12.6. The molecule has 0 aliphatic heterocycles. The first-order valence-electron chi connectivity index (χ1n) is 6.66. The van der Waals surface area contributed by atoms with Crippen LogP contribution in [-0.2, 0) is 11.3 Å². The molecule has 0 radical (unpaired) electrons. The van der Waals surface area contributed by atoms with Crippen molar-refractivity contribution in [2.45, 2.75) is 13.0 Å². The maximum Gasteiger partial charge on any atom is 0.329 e. The zero-order valence-corrected chi connectivity index (χ0v) is 12.4. The van der Waals surface area contributed by atoms with Crippen molar-refractivity contribution < 1.29 is 4.79 Å². The van der Waals surface area contributed by atoms with Gasteiger partial charge in [0.15, 0.2) is 0 Å². The van der Waals surface area contributed by atoms with Gasteiger partial charge in [-0.25, -0.2) is 4.79 Å². The van der Waals surface area contributed by atoms with E-state index in [-0.39, 0.29) is 13.0 Å². The summed E-state index contributed by atoms with van der Waals surface area (Å²) in [6.07, 6.45) is -0.0562. The van der Waals surface area contributed by atoms with E-state index in [4.69, 9.17) is 5.73 Å². The maximum atomic E-state index is 12.6. The first kappa shape index (κ1) is 14.3. The van der Waals surface area contributed by atoms with Crippen LogP contribution in [0.25, 0.3) is 21.3 Å². The van der Waals surface area contributed by atoms with Gasteiger partial charge in [0, 0.05) is 23.9 Å². The number of H-pyrrole nitrogens is 1. The lowest BCUT2D eigenvalue weighted by Crippen LogP contribution is -2.35. The molecule has 112 valence electrons. The number of carbonyl (C=O) groups is 1. The number of hydrogen-bond acceptors (Lipinski definition) is 4. The second-order valence-electron chi connectivity index (χ2n) is 4.82. The minimum atomic E-state index is -0.556. The molecule has 3 aromatic rings. The summed E-state index contributed by atoms with van der Waals surface area (Å²) < 4.78 is 1.02. The second kappa shape index (κ2) is 5.61. The fraction of sp³-hybridized carbons (Fsp3) is 0.133. The molecule has 0 spiro atoms. The molecule has 0 saturated carbocycles. The minimum absolute atomic E-state index is 0.0243. The van der Waals surface area contributed by atoms with Crippen molar-refractivity contribution in [1.29, 1.82) is 0 Å². The van der Waals surface area contributed by atoms with Crippen molar-refractivity contribution in [3.63, 3.8) is 0 Å². The third-order valence-corrected chi connectivity index (χ3v) is 4.28. The van der Waals surface area contributed by atoms with Crippen molar-refractivity contribution >= 4 is 27.5 Å². The summed E-state index contributed by atoms with van der Waals surface area (Å²) in [7, 11) is 0. The highest BCUT2D eigenvalue weighted by Crippen LogP contribution is 2.29. The van der Waals surface area contributed by atoms with E-state index in [9.17, 15) is 14.4 Å². The number of aromatic nitrogens is 2. The number of hydrogen-bond donors (Lipinski definition) is 2. The lowest BCUT2D eigenvalue weighted by atomic mass is 10.1. The second-order valence-corrected chi connectivity index (χ2v) is 5.70. The van der Waals surface area contributed by atoms with Crippen LogP contribution in [0.15, 0.2) is 45.3 Å². The molecule has 0 aliphatic carbocycles. The minimum Gasteiger partial charge on any atom is -0.370 e. The first-order valence-corrected chi connectivity index (χ1v) is 7.54. The Balaban J connectivity index is 2.22. The molecule has 1 aromatic carbocycles. The molecule has 0 unspecified atom stereocenters. The van der Waals surface area contributed by atoms with Gasteiger partial charge in [0.2, 0.25) is 5.91 Å². The van der Waals surface area contributed by atoms with Gasteiger partial charge in [0.25, 0.3) is 5.56 Å². The number of fused-ring (bicyclic) bond motifs is 1. The summed E-state index contributed by atoms with van der Waals surface area (Å²) in [5, 5.41) is 2.30. The lowest BCUT2D eigenvalue weighted by molar-refractivity contribution is -0.118. The number of rotatable bonds is 4. The van der Waals surface area contributed by atoms with E-state index in [1.807, 2.05) is 35.7 Å². The van der Waals surface area contributed by atoms with Gasteiger partial charge in [0.05, 0.1) is 5.39 Å². The van der Waals surface area contributed by atoms with Crippen LogP contribution in [0.2, 0.25) is 0 Å². The molecule has 7 heteroatoms. The Kier molecular flexibility index (Phi) is 3.64. The monoisotopic (exact) mass is 315 g/mol. The van der Waals surface area contributed by atoms with Gasteiger partial charge in [-0.05, 0) is 5.56 Å². The Morgan fingerprint density at radius 2 is 1.95 bits per heavy atom. The Labute approximate surface area is 128 Å². The standard InChI is InChI=1S/C15H13N3O3S/c16-11(19)6-7-18-14(20)12-10(9-4-2-1-3-5-9)8-22-13(12)17-15(18)21/h1-5,8H,6-7H2,(H2,16,19)(H,17,21). The number of carbonyl (C=O) groups excluding carboxylic acids is 1. The van der Waals surface area contributed by atoms with Crippen LogP contribution < -0.4 is 17.0 Å². The first-order chi connectivity index (χ1) is 10.6. The largest absolute Gasteiger partial charge is 0.370 e. The van der Waals surface area contributed by atoms with E-state index in [0.29, 0.717) is 10.2 Å². The smallest absolute Gasteiger partial charge is 0.329 e. The molecule has 2 aromatic heterocycles. The predicted molar refractivity (Wildman–Crippen MR) is 86.0 cm³/mol. The highest BCUT2D eigenvalue weighted by atomic mass is 32.1. The van der Waals surface area contributed by atoms with E-state index in [1.54, 1.807) is 0 Å². The van der Waals surface area contributed by atoms with Crippen molar-refractivity contribution in [2.75, 3.05) is 0 Å². The normalized spacial score (nSPS) is 10.9. The van der Waals surface area contributed by atoms with Gasteiger partial charge < -0.3 is 5.73 Å². The van der Waals surface area contributed by atoms with E-state index >= 15 is 0 Å². The Hall–Kier alpha value is -2.67. The van der Waals surface area contributed by atoms with Crippen molar-refractivity contribution in [3.8, 4) is 11.1 Å². The number of nitrogens with zero attached hydrogens (tertiary/aromatic N) is 1. The fourth-order valence-electron chi connectivity index (χ4n) is 2.31. The average Bonchev–Trinajstić information content (AvgIpc) is 2.91. The molecule has 0 aliphatic rings. The molecule has 0 atom stereocenters. The molecule has 1 amide bonds. The number of aromatic amines is 1. The van der Waals surface area contributed by atoms with Gasteiger partial charge in [-0.15, -0.1) is 11.3 Å². The van der Waals surface area contributed by atoms with Crippen LogP contribution in [0, 0.1) is 0 Å². The predicted octanol–water partition coefficient (Wildman–Crippen LogP) is 1.29. The average molecular weight is 315 g/mol. The van der Waals surface area contributed by atoms with Crippen LogP contribution in [0.1, 0.15) is 6.42 Å². The van der Waals surface area contributed by atoms with Gasteiger partial charge >= 0.3 is 5.69 Å². The van der Waals surface area contributed by atoms with Crippen LogP contribution in [0.4, 0.5) is 0 Å². The van der Waals surface area contributed by atoms with Gasteiger partial charge in [-0.2, -0.15) is 0 Å². The van der Waals surface area contributed by atoms with E-state index in [0.717, 1.165) is 15.7 Å². The molecule has 0 saturated heterocycles. The zero-order chi connectivity index (χ0) is 15.7. The molecule has 0 fully saturated rings. The SMILES string of the molecule is NC(=O)CCn1c(=O)[nH]c2scc(-c3ccccc3)c2c1=O. The third-order valence-electron chi connectivity index (χ3n) is 3.38. The Morgan fingerprint density at radius 3 is 2.64 bits per heavy atom. The molecule has 2 heterocycles. The van der Waals surface area contributed by atoms with Gasteiger partial charge in [-0.1, -0.05) is 30.3 Å². The highest BCUT2D eigenvalue weighted by molar-refractivity contribution is 7.17. The zero-order valence-electron chi connectivity index (χ0n) is 11.5. The van der Waals surface area contributed by atoms with Crippen LogP contribution >= 0.6 is 11.3 Å². The molecule has 22 heavy (non-hydrogen) atoms. The van der Waals surface area contributed by atoms with E-state index < -0.39 is 17.2 Å². The Morgan fingerprint density at radius 1 is 1.23 bits per heavy atom. The van der Waals surface area contributed by atoms with E-state index in [1.165, 1.54) is 11.3 Å². The van der Waals surface area contributed by atoms with Crippen LogP contribution in [0.5, 0.6) is 0 Å². The Bertz CT molecular complexity index is 954. The van der Waals surface area contributed by atoms with Crippen LogP contribution in [0.3, 0.4) is 0 Å². The molecular formula is C15H13N3O3S. The summed E-state index contributed by atoms with van der Waals surface area (Å²) in [5.41, 5.74) is 5.83. The molecule has 3 rings (SSSR count). The summed E-state index contributed by atoms with van der Waals surface area (Å²) in [6, 6.07) is 9.47. The number of primary amides is 1. The fourth-order valence-corrected chi connectivity index (χ4v) is 3.26. The molecular weight excluding hydrogens is 302 g/mol. The van der Waals surface area contributed by atoms with Gasteiger partial charge in [0.1, 0.15) is 4.83 Å². The van der Waals surface area contributed by atoms with Crippen molar-refractivity contribution in [2.24, 2.45) is 5.73 Å². The number of nitrogens with one attached hydrogen (secondary N) is 1. The molecule has 6 nitrogen and oxygen atoms in total. The van der Waals surface area contributed by atoms with E-state index in [2.05, 4.69) is 4.98 Å². The quantitative estimate of drug-likeness (QED) is 0.759. The van der Waals surface area contributed by atoms with Crippen LogP contribution in [-0.4, -0.2) is 15.5 Å². The lowest BCUT2D eigenvalue weighted by Gasteiger charge is -2.04. The molecule has 3 N–H and O–H groups in total. The summed E-state index contributed by atoms with van der Waals surface area (Å²) in [6.45, 7) is -0.0243. The third kappa shape index (κ3) is 2.46. The van der Waals surface area contributed by atoms with Crippen molar-refractivity contribution in [1.82, 2.24) is 9.55 Å². The molecule has 0 bridgehead atoms. The highest BCUT2D eigenvalue weighted by Gasteiger charge is 2.15. The summed E-state index contributed by atoms with van der Waals surface area (Å²) in [4.78, 5) is 38.7. The number of thiophene rings is 1. The number of benzene rings is 1. The summed E-state index contributed by atoms with van der Waals surface area (Å²) >= 11 is 1.31. The summed E-state index contributed by atoms with van der Waals surface area (Å²) in [5.74, 6) is -0.556. The number of amides is 1.